The van der Waals surface area contributed by atoms with Gasteiger partial charge in [-0.2, -0.15) is 5.10 Å². The summed E-state index contributed by atoms with van der Waals surface area (Å²) in [6, 6.07) is 7.36. The Balaban J connectivity index is 1.20. The number of rotatable bonds is 7. The van der Waals surface area contributed by atoms with Crippen LogP contribution in [-0.2, 0) is 13.0 Å². The minimum absolute atomic E-state index is 0.133. The van der Waals surface area contributed by atoms with E-state index >= 15 is 0 Å². The van der Waals surface area contributed by atoms with Gasteiger partial charge in [0.1, 0.15) is 17.5 Å². The summed E-state index contributed by atoms with van der Waals surface area (Å²) >= 11 is 0. The first kappa shape index (κ1) is 22.5. The normalized spacial score (nSPS) is 19.7. The maximum Gasteiger partial charge on any atom is 0.191 e. The zero-order chi connectivity index (χ0) is 22.3. The number of benzene rings is 1. The number of aliphatic imine (C=N–C) groups is 1. The number of para-hydroxylation sites is 1. The lowest BCUT2D eigenvalue weighted by molar-refractivity contribution is 0.256. The topological polar surface area (TPSA) is 73.6 Å². The Morgan fingerprint density at radius 3 is 2.81 bits per heavy atom. The number of nitrogens with zero attached hydrogens (tertiary/aromatic N) is 6. The molecule has 1 saturated heterocycles. The van der Waals surface area contributed by atoms with Crippen molar-refractivity contribution in [1.29, 1.82) is 0 Å². The molecule has 0 radical (unpaired) electrons. The lowest BCUT2D eigenvalue weighted by atomic mass is 10.1. The predicted octanol–water partition coefficient (Wildman–Crippen LogP) is 1.81. The summed E-state index contributed by atoms with van der Waals surface area (Å²) in [6.45, 7) is 11.1. The van der Waals surface area contributed by atoms with E-state index in [1.807, 2.05) is 23.7 Å². The summed E-state index contributed by atoms with van der Waals surface area (Å²) in [6.07, 6.45) is 2.99. The number of aromatic nitrogens is 3. The molecule has 2 aliphatic rings. The predicted molar refractivity (Wildman–Crippen MR) is 126 cm³/mol. The minimum Gasteiger partial charge on any atom is -0.367 e. The Hall–Kier alpha value is -2.68. The molecule has 174 valence electrons. The average molecular weight is 443 g/mol. The van der Waals surface area contributed by atoms with Crippen molar-refractivity contribution >= 4 is 11.6 Å². The Labute approximate surface area is 189 Å². The van der Waals surface area contributed by atoms with Crippen LogP contribution in [0, 0.1) is 12.7 Å². The van der Waals surface area contributed by atoms with Crippen LogP contribution in [0.5, 0.6) is 0 Å². The second kappa shape index (κ2) is 10.8. The molecule has 1 atom stereocenters. The van der Waals surface area contributed by atoms with Crippen LogP contribution in [0.1, 0.15) is 31.4 Å². The highest BCUT2D eigenvalue weighted by atomic mass is 19.1. The van der Waals surface area contributed by atoms with Crippen molar-refractivity contribution < 1.29 is 4.39 Å². The third-order valence-corrected chi connectivity index (χ3v) is 6.12. The van der Waals surface area contributed by atoms with Gasteiger partial charge in [-0.3, -0.25) is 9.89 Å². The van der Waals surface area contributed by atoms with E-state index in [1.165, 1.54) is 6.07 Å². The van der Waals surface area contributed by atoms with Crippen LogP contribution in [0.2, 0.25) is 0 Å². The third-order valence-electron chi connectivity index (χ3n) is 6.12. The van der Waals surface area contributed by atoms with Crippen LogP contribution in [-0.4, -0.2) is 77.5 Å². The quantitative estimate of drug-likeness (QED) is 0.387. The third kappa shape index (κ3) is 5.76. The van der Waals surface area contributed by atoms with Crippen molar-refractivity contribution in [2.24, 2.45) is 4.99 Å². The Bertz CT molecular complexity index is 903. The van der Waals surface area contributed by atoms with E-state index in [2.05, 4.69) is 37.4 Å². The summed E-state index contributed by atoms with van der Waals surface area (Å²) in [5.41, 5.74) is 0.717. The summed E-state index contributed by atoms with van der Waals surface area (Å²) < 4.78 is 16.0. The van der Waals surface area contributed by atoms with Crippen molar-refractivity contribution in [3.63, 3.8) is 0 Å². The van der Waals surface area contributed by atoms with Gasteiger partial charge in [-0.25, -0.2) is 14.1 Å². The van der Waals surface area contributed by atoms with Crippen LogP contribution in [0.3, 0.4) is 0 Å². The molecule has 1 unspecified atom stereocenters. The van der Waals surface area contributed by atoms with Gasteiger partial charge in [0.15, 0.2) is 5.96 Å². The number of hydrogen-bond acceptors (Lipinski definition) is 5. The highest BCUT2D eigenvalue weighted by Crippen LogP contribution is 2.20. The molecular weight excluding hydrogens is 407 g/mol. The molecule has 4 rings (SSSR count). The number of nitrogens with one attached hydrogen (secondary N) is 2. The molecular formula is C23H35FN8. The zero-order valence-corrected chi connectivity index (χ0v) is 19.2. The highest BCUT2D eigenvalue weighted by Gasteiger charge is 2.22. The molecule has 1 aromatic heterocycles. The van der Waals surface area contributed by atoms with Gasteiger partial charge in [-0.1, -0.05) is 12.1 Å². The smallest absolute Gasteiger partial charge is 0.191 e. The molecule has 2 aliphatic heterocycles. The maximum atomic E-state index is 14.0. The first-order valence-electron chi connectivity index (χ1n) is 11.8. The molecule has 1 aromatic carbocycles. The summed E-state index contributed by atoms with van der Waals surface area (Å²) in [7, 11) is 0. The van der Waals surface area contributed by atoms with Gasteiger partial charge in [0.05, 0.1) is 12.2 Å². The molecule has 0 amide bonds. The molecule has 0 spiro atoms. The molecule has 9 heteroatoms. The maximum absolute atomic E-state index is 14.0. The summed E-state index contributed by atoms with van der Waals surface area (Å²) in [5.74, 6) is 2.67. The standard InChI is InChI=1S/C23H35FN8/c1-3-25-23(28-19-9-10-22-27-18(2)29-32(22)17-19)26-11-6-12-30-13-15-31(16-14-30)21-8-5-4-7-20(21)24/h4-5,7-8,19H,3,6,9-17H2,1-2H3,(H2,25,26,28). The van der Waals surface area contributed by atoms with Crippen molar-refractivity contribution in [3.05, 3.63) is 41.7 Å². The molecule has 2 N–H and O–H groups in total. The van der Waals surface area contributed by atoms with E-state index < -0.39 is 0 Å². The van der Waals surface area contributed by atoms with Gasteiger partial charge >= 0.3 is 0 Å². The first-order chi connectivity index (χ1) is 15.6. The lowest BCUT2D eigenvalue weighted by Crippen LogP contribution is -2.47. The first-order valence-corrected chi connectivity index (χ1v) is 11.8. The van der Waals surface area contributed by atoms with Gasteiger partial charge in [0.25, 0.3) is 0 Å². The monoisotopic (exact) mass is 442 g/mol. The van der Waals surface area contributed by atoms with E-state index in [0.717, 1.165) is 89.2 Å². The molecule has 8 nitrogen and oxygen atoms in total. The Morgan fingerprint density at radius 2 is 2.03 bits per heavy atom. The number of halogens is 1. The van der Waals surface area contributed by atoms with E-state index in [9.17, 15) is 4.39 Å². The van der Waals surface area contributed by atoms with Crippen LogP contribution in [0.4, 0.5) is 10.1 Å². The molecule has 0 aliphatic carbocycles. The Kier molecular flexibility index (Phi) is 7.57. The van der Waals surface area contributed by atoms with Gasteiger partial charge < -0.3 is 15.5 Å². The van der Waals surface area contributed by atoms with Crippen molar-refractivity contribution in [2.75, 3.05) is 50.7 Å². The number of piperazine rings is 1. The fraction of sp³-hybridized carbons (Fsp3) is 0.609. The molecule has 32 heavy (non-hydrogen) atoms. The molecule has 3 heterocycles. The van der Waals surface area contributed by atoms with E-state index in [0.29, 0.717) is 11.7 Å². The van der Waals surface area contributed by atoms with Crippen LogP contribution in [0.25, 0.3) is 0 Å². The van der Waals surface area contributed by atoms with E-state index in [-0.39, 0.29) is 5.82 Å². The number of fused-ring (bicyclic) bond motifs is 1. The number of guanidine groups is 1. The minimum atomic E-state index is -0.133. The second-order valence-corrected chi connectivity index (χ2v) is 8.53. The second-order valence-electron chi connectivity index (χ2n) is 8.53. The fourth-order valence-electron chi connectivity index (χ4n) is 4.47. The number of aryl methyl sites for hydroxylation is 2. The van der Waals surface area contributed by atoms with Crippen LogP contribution in [0.15, 0.2) is 29.3 Å². The van der Waals surface area contributed by atoms with Crippen molar-refractivity contribution in [2.45, 2.75) is 45.7 Å². The number of anilines is 1. The molecule has 0 saturated carbocycles. The van der Waals surface area contributed by atoms with E-state index in [1.54, 1.807) is 6.07 Å². The molecule has 0 bridgehead atoms. The van der Waals surface area contributed by atoms with Crippen LogP contribution < -0.4 is 15.5 Å². The fourth-order valence-corrected chi connectivity index (χ4v) is 4.47. The van der Waals surface area contributed by atoms with Gasteiger partial charge in [0.2, 0.25) is 0 Å². The van der Waals surface area contributed by atoms with Gasteiger partial charge in [0, 0.05) is 58.3 Å². The number of hydrogen-bond donors (Lipinski definition) is 2. The van der Waals surface area contributed by atoms with Crippen molar-refractivity contribution in [1.82, 2.24) is 30.3 Å². The average Bonchev–Trinajstić information content (AvgIpc) is 3.17. The molecule has 2 aromatic rings. The Morgan fingerprint density at radius 1 is 1.22 bits per heavy atom. The molecule has 1 fully saturated rings. The summed E-state index contributed by atoms with van der Waals surface area (Å²) in [4.78, 5) is 13.9. The SMILES string of the molecule is CCNC(=NCCCN1CCN(c2ccccc2F)CC1)NC1CCc2nc(C)nn2C1. The zero-order valence-electron chi connectivity index (χ0n) is 19.2. The highest BCUT2D eigenvalue weighted by molar-refractivity contribution is 5.80. The van der Waals surface area contributed by atoms with Crippen molar-refractivity contribution in [3.8, 4) is 0 Å². The lowest BCUT2D eigenvalue weighted by Gasteiger charge is -2.36. The van der Waals surface area contributed by atoms with E-state index in [4.69, 9.17) is 4.99 Å². The largest absolute Gasteiger partial charge is 0.367 e. The summed E-state index contributed by atoms with van der Waals surface area (Å²) in [5, 5.41) is 11.4. The van der Waals surface area contributed by atoms with Crippen LogP contribution >= 0.6 is 0 Å². The van der Waals surface area contributed by atoms with Gasteiger partial charge in [-0.15, -0.1) is 0 Å². The van der Waals surface area contributed by atoms with Gasteiger partial charge in [-0.05, 0) is 38.8 Å².